The van der Waals surface area contributed by atoms with Crippen LogP contribution in [-0.4, -0.2) is 10.5 Å². The van der Waals surface area contributed by atoms with Crippen LogP contribution in [0.25, 0.3) is 11.3 Å². The number of carbonyl (C=O) groups excluding carboxylic acids is 1. The van der Waals surface area contributed by atoms with Crippen molar-refractivity contribution in [3.05, 3.63) is 82.5 Å². The number of alkyl halides is 3. The van der Waals surface area contributed by atoms with E-state index in [1.165, 1.54) is 6.07 Å². The molecule has 0 aliphatic heterocycles. The summed E-state index contributed by atoms with van der Waals surface area (Å²) in [4.78, 5) is 11.8. The van der Waals surface area contributed by atoms with E-state index in [-0.39, 0.29) is 6.54 Å². The van der Waals surface area contributed by atoms with Gasteiger partial charge in [-0.2, -0.15) is 13.2 Å². The summed E-state index contributed by atoms with van der Waals surface area (Å²) in [6.45, 7) is 3.91. The molecule has 0 radical (unpaired) electrons. The number of nitrogens with two attached hydrogens (primary N) is 1. The molecule has 3 aromatic rings. The molecule has 1 amide bonds. The summed E-state index contributed by atoms with van der Waals surface area (Å²) in [5, 5.41) is 0. The number of aromatic nitrogens is 1. The van der Waals surface area contributed by atoms with Gasteiger partial charge in [0.15, 0.2) is 0 Å². The van der Waals surface area contributed by atoms with E-state index >= 15 is 0 Å². The Bertz CT molecular complexity index is 986. The van der Waals surface area contributed by atoms with E-state index in [1.54, 1.807) is 19.1 Å². The molecule has 2 N–H and O–H groups in total. The third-order valence-corrected chi connectivity index (χ3v) is 4.57. The Morgan fingerprint density at radius 2 is 1.70 bits per heavy atom. The quantitative estimate of drug-likeness (QED) is 0.693. The summed E-state index contributed by atoms with van der Waals surface area (Å²) >= 11 is 0. The number of hydrogen-bond donors (Lipinski definition) is 1. The van der Waals surface area contributed by atoms with Crippen molar-refractivity contribution in [2.75, 3.05) is 0 Å². The molecule has 1 heterocycles. The lowest BCUT2D eigenvalue weighted by Crippen LogP contribution is -2.13. The second kappa shape index (κ2) is 6.95. The lowest BCUT2D eigenvalue weighted by molar-refractivity contribution is -0.137. The first-order valence-corrected chi connectivity index (χ1v) is 8.40. The van der Waals surface area contributed by atoms with Crippen molar-refractivity contribution in [2.24, 2.45) is 5.73 Å². The van der Waals surface area contributed by atoms with Crippen LogP contribution in [0.1, 0.15) is 32.7 Å². The van der Waals surface area contributed by atoms with Gasteiger partial charge in [-0.05, 0) is 43.2 Å². The second-order valence-electron chi connectivity index (χ2n) is 6.54. The molecule has 0 atom stereocenters. The van der Waals surface area contributed by atoms with Crippen molar-refractivity contribution < 1.29 is 18.0 Å². The Hall–Kier alpha value is -3.02. The topological polar surface area (TPSA) is 48.0 Å². The van der Waals surface area contributed by atoms with E-state index in [1.807, 2.05) is 35.8 Å². The van der Waals surface area contributed by atoms with Gasteiger partial charge in [-0.25, -0.2) is 0 Å². The molecular formula is C21H19F3N2O. The maximum absolute atomic E-state index is 13.0. The van der Waals surface area contributed by atoms with Gasteiger partial charge < -0.3 is 10.3 Å². The van der Waals surface area contributed by atoms with Crippen molar-refractivity contribution in [1.29, 1.82) is 0 Å². The van der Waals surface area contributed by atoms with Gasteiger partial charge >= 0.3 is 6.18 Å². The van der Waals surface area contributed by atoms with Crippen LogP contribution < -0.4 is 5.73 Å². The largest absolute Gasteiger partial charge is 0.416 e. The molecule has 2 aromatic carbocycles. The average molecular weight is 372 g/mol. The van der Waals surface area contributed by atoms with Crippen LogP contribution in [0, 0.1) is 13.8 Å². The minimum absolute atomic E-state index is 0.201. The number of benzene rings is 2. The molecule has 0 aliphatic rings. The third kappa shape index (κ3) is 3.89. The van der Waals surface area contributed by atoms with Gasteiger partial charge in [0, 0.05) is 17.9 Å². The predicted molar refractivity (Wildman–Crippen MR) is 98.4 cm³/mol. The number of primary amides is 1. The molecule has 0 spiro atoms. The second-order valence-corrected chi connectivity index (χ2v) is 6.54. The number of halogens is 3. The Labute approximate surface area is 155 Å². The van der Waals surface area contributed by atoms with E-state index in [2.05, 4.69) is 0 Å². The van der Waals surface area contributed by atoms with E-state index < -0.39 is 17.6 Å². The molecule has 0 saturated heterocycles. The molecule has 140 valence electrons. The van der Waals surface area contributed by atoms with Crippen molar-refractivity contribution >= 4 is 5.91 Å². The molecule has 1 aromatic heterocycles. The van der Waals surface area contributed by atoms with Crippen LogP contribution in [0.4, 0.5) is 13.2 Å². The summed E-state index contributed by atoms with van der Waals surface area (Å²) < 4.78 is 40.8. The maximum Gasteiger partial charge on any atom is 0.416 e. The van der Waals surface area contributed by atoms with E-state index in [9.17, 15) is 18.0 Å². The minimum atomic E-state index is -4.40. The molecule has 0 fully saturated rings. The van der Waals surface area contributed by atoms with Crippen LogP contribution in [0.2, 0.25) is 0 Å². The zero-order chi connectivity index (χ0) is 19.8. The molecule has 0 saturated carbocycles. The Balaban J connectivity index is 2.09. The highest BCUT2D eigenvalue weighted by Gasteiger charge is 2.30. The van der Waals surface area contributed by atoms with Gasteiger partial charge in [-0.15, -0.1) is 0 Å². The molecule has 3 nitrogen and oxygen atoms in total. The first-order chi connectivity index (χ1) is 12.7. The average Bonchev–Trinajstić information content (AvgIpc) is 2.92. The maximum atomic E-state index is 13.0. The number of amides is 1. The fourth-order valence-corrected chi connectivity index (χ4v) is 3.09. The summed E-state index contributed by atoms with van der Waals surface area (Å²) in [6, 6.07) is 14.6. The Morgan fingerprint density at radius 1 is 1.04 bits per heavy atom. The van der Waals surface area contributed by atoms with Gasteiger partial charge in [0.1, 0.15) is 0 Å². The first kappa shape index (κ1) is 18.8. The fourth-order valence-electron chi connectivity index (χ4n) is 3.09. The van der Waals surface area contributed by atoms with E-state index in [0.717, 1.165) is 29.0 Å². The smallest absolute Gasteiger partial charge is 0.366 e. The van der Waals surface area contributed by atoms with Gasteiger partial charge in [-0.3, -0.25) is 4.79 Å². The zero-order valence-corrected chi connectivity index (χ0v) is 15.0. The highest BCUT2D eigenvalue weighted by Crippen LogP contribution is 2.31. The van der Waals surface area contributed by atoms with Gasteiger partial charge in [0.05, 0.1) is 11.1 Å². The summed E-state index contributed by atoms with van der Waals surface area (Å²) in [5.41, 5.74) is 8.93. The van der Waals surface area contributed by atoms with Gasteiger partial charge in [0.2, 0.25) is 0 Å². The van der Waals surface area contributed by atoms with Crippen LogP contribution in [0.3, 0.4) is 0 Å². The summed E-state index contributed by atoms with van der Waals surface area (Å²) in [6.07, 6.45) is -4.40. The molecule has 27 heavy (non-hydrogen) atoms. The normalized spacial score (nSPS) is 11.6. The SMILES string of the molecule is Cc1ccc(-c2cc(C(N)=O)c(C)n2Cc2cccc(C(F)(F)F)c2)cc1. The Kier molecular flexibility index (Phi) is 4.83. The van der Waals surface area contributed by atoms with Crippen LogP contribution in [0.15, 0.2) is 54.6 Å². The van der Waals surface area contributed by atoms with Gasteiger partial charge in [0.25, 0.3) is 5.91 Å². The molecule has 0 bridgehead atoms. The standard InChI is InChI=1S/C21H19F3N2O/c1-13-6-8-16(9-7-13)19-11-18(20(25)27)14(2)26(19)12-15-4-3-5-17(10-15)21(22,23)24/h3-11H,12H2,1-2H3,(H2,25,27). The van der Waals surface area contributed by atoms with E-state index in [4.69, 9.17) is 5.73 Å². The molecule has 0 aliphatic carbocycles. The number of nitrogens with zero attached hydrogens (tertiary/aromatic N) is 1. The summed E-state index contributed by atoms with van der Waals surface area (Å²) in [5.74, 6) is -0.566. The lowest BCUT2D eigenvalue weighted by Gasteiger charge is -2.14. The Morgan fingerprint density at radius 3 is 2.30 bits per heavy atom. The highest BCUT2D eigenvalue weighted by molar-refractivity contribution is 5.95. The number of hydrogen-bond acceptors (Lipinski definition) is 1. The first-order valence-electron chi connectivity index (χ1n) is 8.40. The van der Waals surface area contributed by atoms with Crippen LogP contribution >= 0.6 is 0 Å². The number of aryl methyl sites for hydroxylation is 1. The van der Waals surface area contributed by atoms with Crippen molar-refractivity contribution in [3.63, 3.8) is 0 Å². The lowest BCUT2D eigenvalue weighted by atomic mass is 10.1. The van der Waals surface area contributed by atoms with Crippen molar-refractivity contribution in [3.8, 4) is 11.3 Å². The van der Waals surface area contributed by atoms with Crippen LogP contribution in [0.5, 0.6) is 0 Å². The number of carbonyl (C=O) groups is 1. The minimum Gasteiger partial charge on any atom is -0.366 e. The fraction of sp³-hybridized carbons (Fsp3) is 0.190. The highest BCUT2D eigenvalue weighted by atomic mass is 19.4. The predicted octanol–water partition coefficient (Wildman–Crippen LogP) is 4.94. The molecular weight excluding hydrogens is 353 g/mol. The van der Waals surface area contributed by atoms with Crippen molar-refractivity contribution in [2.45, 2.75) is 26.6 Å². The molecule has 3 rings (SSSR count). The summed E-state index contributed by atoms with van der Waals surface area (Å²) in [7, 11) is 0. The zero-order valence-electron chi connectivity index (χ0n) is 15.0. The monoisotopic (exact) mass is 372 g/mol. The van der Waals surface area contributed by atoms with Gasteiger partial charge in [-0.1, -0.05) is 42.0 Å². The third-order valence-electron chi connectivity index (χ3n) is 4.57. The van der Waals surface area contributed by atoms with E-state index in [0.29, 0.717) is 16.8 Å². The molecule has 6 heteroatoms. The van der Waals surface area contributed by atoms with Crippen molar-refractivity contribution in [1.82, 2.24) is 4.57 Å². The van der Waals surface area contributed by atoms with Crippen LogP contribution in [-0.2, 0) is 12.7 Å². The number of rotatable bonds is 4. The molecule has 0 unspecified atom stereocenters.